The number of ether oxygens (including phenoxy) is 2. The zero-order chi connectivity index (χ0) is 31.3. The Balaban J connectivity index is 1.50. The number of fused-ring (bicyclic) bond motifs is 3. The number of anilines is 2. The minimum absolute atomic E-state index is 0.00265. The zero-order valence-corrected chi connectivity index (χ0v) is 25.8. The first kappa shape index (κ1) is 31.7. The molecule has 13 nitrogen and oxygen atoms in total. The lowest BCUT2D eigenvalue weighted by Crippen LogP contribution is -2.42. The number of amides is 1. The van der Waals surface area contributed by atoms with Crippen molar-refractivity contribution in [2.24, 2.45) is 0 Å². The lowest BCUT2D eigenvalue weighted by molar-refractivity contribution is -0.146. The van der Waals surface area contributed by atoms with Gasteiger partial charge in [0.05, 0.1) is 45.5 Å². The van der Waals surface area contributed by atoms with Gasteiger partial charge < -0.3 is 20.5 Å². The fourth-order valence-corrected chi connectivity index (χ4v) is 5.92. The van der Waals surface area contributed by atoms with Crippen LogP contribution in [0.25, 0.3) is 11.1 Å². The second-order valence-corrected chi connectivity index (χ2v) is 11.9. The molecule has 4 rings (SSSR count). The van der Waals surface area contributed by atoms with E-state index in [1.807, 2.05) is 0 Å². The number of carbonyl (C=O) groups is 3. The molecular formula is C28H30BrN5O8S. The summed E-state index contributed by atoms with van der Waals surface area (Å²) in [6, 6.07) is 9.03. The molecule has 43 heavy (non-hydrogen) atoms. The summed E-state index contributed by atoms with van der Waals surface area (Å²) in [6.45, 7) is 3.57. The highest BCUT2D eigenvalue weighted by molar-refractivity contribution is 9.08. The van der Waals surface area contributed by atoms with Gasteiger partial charge in [-0.1, -0.05) is 6.07 Å². The average molecular weight is 677 g/mol. The summed E-state index contributed by atoms with van der Waals surface area (Å²) in [6.07, 6.45) is 0.951. The van der Waals surface area contributed by atoms with E-state index in [0.717, 1.165) is 9.16 Å². The SMILES string of the molecule is CCOC(=O)CC[C@@H](NC(=O)c1ccc(NS(=O)(=O)c2ccc3c(c2)-c2c(nc(N)n(Br)c2=O)CC3)cc1)C(=O)OCC. The summed E-state index contributed by atoms with van der Waals surface area (Å²) in [5.74, 6) is -1.81. The molecule has 0 saturated carbocycles. The Morgan fingerprint density at radius 2 is 1.77 bits per heavy atom. The van der Waals surface area contributed by atoms with Crippen molar-refractivity contribution in [3.8, 4) is 11.1 Å². The first-order chi connectivity index (χ1) is 20.4. The van der Waals surface area contributed by atoms with Gasteiger partial charge in [0.25, 0.3) is 21.5 Å². The van der Waals surface area contributed by atoms with Gasteiger partial charge in [0.15, 0.2) is 0 Å². The Hall–Kier alpha value is -4.24. The van der Waals surface area contributed by atoms with Crippen LogP contribution in [0, 0.1) is 0 Å². The minimum Gasteiger partial charge on any atom is -0.466 e. The molecule has 1 atom stereocenters. The second kappa shape index (κ2) is 13.4. The van der Waals surface area contributed by atoms with Crippen LogP contribution >= 0.6 is 16.1 Å². The third-order valence-corrected chi connectivity index (χ3v) is 8.71. The van der Waals surface area contributed by atoms with Gasteiger partial charge in [0, 0.05) is 17.7 Å². The van der Waals surface area contributed by atoms with Crippen LogP contribution in [-0.2, 0) is 41.9 Å². The highest BCUT2D eigenvalue weighted by atomic mass is 79.9. The normalized spacial score (nSPS) is 12.8. The third kappa shape index (κ3) is 7.22. The van der Waals surface area contributed by atoms with Crippen LogP contribution in [0.2, 0.25) is 0 Å². The average Bonchev–Trinajstić information content (AvgIpc) is 2.97. The quantitative estimate of drug-likeness (QED) is 0.255. The van der Waals surface area contributed by atoms with Gasteiger partial charge in [-0.25, -0.2) is 21.8 Å². The maximum Gasteiger partial charge on any atom is 0.328 e. The molecule has 0 radical (unpaired) electrons. The number of esters is 2. The molecule has 0 fully saturated rings. The number of carbonyl (C=O) groups excluding carboxylic acids is 3. The van der Waals surface area contributed by atoms with Crippen molar-refractivity contribution < 1.29 is 32.3 Å². The Bertz CT molecular complexity index is 1720. The van der Waals surface area contributed by atoms with E-state index in [2.05, 4.69) is 31.2 Å². The molecule has 1 aliphatic rings. The fourth-order valence-electron chi connectivity index (χ4n) is 4.57. The van der Waals surface area contributed by atoms with E-state index >= 15 is 0 Å². The Kier molecular flexibility index (Phi) is 9.86. The molecule has 0 spiro atoms. The number of aromatic nitrogens is 2. The molecule has 0 aliphatic heterocycles. The highest BCUT2D eigenvalue weighted by Gasteiger charge is 2.26. The lowest BCUT2D eigenvalue weighted by atomic mass is 9.89. The fraction of sp³-hybridized carbons (Fsp3) is 0.321. The molecule has 4 N–H and O–H groups in total. The van der Waals surface area contributed by atoms with Gasteiger partial charge in [-0.3, -0.25) is 19.1 Å². The molecule has 0 bridgehead atoms. The summed E-state index contributed by atoms with van der Waals surface area (Å²) in [4.78, 5) is 54.0. The van der Waals surface area contributed by atoms with Crippen molar-refractivity contribution in [1.29, 1.82) is 0 Å². The number of nitrogens with two attached hydrogens (primary N) is 1. The Labute approximate surface area is 256 Å². The van der Waals surface area contributed by atoms with E-state index in [0.29, 0.717) is 24.1 Å². The number of rotatable bonds is 11. The van der Waals surface area contributed by atoms with E-state index < -0.39 is 39.5 Å². The summed E-state index contributed by atoms with van der Waals surface area (Å²) in [5.41, 5.74) is 7.73. The molecule has 0 saturated heterocycles. The largest absolute Gasteiger partial charge is 0.466 e. The van der Waals surface area contributed by atoms with Crippen molar-refractivity contribution in [2.45, 2.75) is 50.5 Å². The molecule has 3 aromatic rings. The smallest absolute Gasteiger partial charge is 0.328 e. The van der Waals surface area contributed by atoms with E-state index in [4.69, 9.17) is 15.2 Å². The second-order valence-electron chi connectivity index (χ2n) is 9.50. The van der Waals surface area contributed by atoms with Crippen molar-refractivity contribution >= 4 is 55.7 Å². The number of benzene rings is 2. The molecule has 1 aliphatic carbocycles. The summed E-state index contributed by atoms with van der Waals surface area (Å²) in [5, 5.41) is 2.55. The van der Waals surface area contributed by atoms with Crippen LogP contribution in [0.5, 0.6) is 0 Å². The molecule has 1 heterocycles. The van der Waals surface area contributed by atoms with Gasteiger partial charge in [0.2, 0.25) is 5.95 Å². The van der Waals surface area contributed by atoms with Crippen LogP contribution in [0.15, 0.2) is 52.2 Å². The van der Waals surface area contributed by atoms with Crippen molar-refractivity contribution in [3.05, 3.63) is 69.6 Å². The number of sulfonamides is 1. The predicted molar refractivity (Wildman–Crippen MR) is 161 cm³/mol. The Morgan fingerprint density at radius 1 is 1.07 bits per heavy atom. The molecule has 228 valence electrons. The first-order valence-electron chi connectivity index (χ1n) is 13.4. The monoisotopic (exact) mass is 675 g/mol. The van der Waals surface area contributed by atoms with E-state index in [-0.39, 0.29) is 53.7 Å². The predicted octanol–water partition coefficient (Wildman–Crippen LogP) is 2.55. The van der Waals surface area contributed by atoms with Crippen LogP contribution in [0.4, 0.5) is 11.6 Å². The number of hydrogen-bond donors (Lipinski definition) is 3. The zero-order valence-electron chi connectivity index (χ0n) is 23.4. The molecule has 2 aromatic carbocycles. The highest BCUT2D eigenvalue weighted by Crippen LogP contribution is 2.33. The summed E-state index contributed by atoms with van der Waals surface area (Å²) < 4.78 is 39.9. The van der Waals surface area contributed by atoms with Crippen LogP contribution in [0.3, 0.4) is 0 Å². The van der Waals surface area contributed by atoms with Gasteiger partial charge in [-0.15, -0.1) is 0 Å². The number of halogens is 1. The maximum atomic E-state index is 13.3. The van der Waals surface area contributed by atoms with Crippen molar-refractivity contribution in [3.63, 3.8) is 0 Å². The molecule has 15 heteroatoms. The first-order valence-corrected chi connectivity index (χ1v) is 15.6. The van der Waals surface area contributed by atoms with Crippen molar-refractivity contribution in [2.75, 3.05) is 23.7 Å². The number of nitrogens with zero attached hydrogens (tertiary/aromatic N) is 2. The van der Waals surface area contributed by atoms with E-state index in [1.165, 1.54) is 36.4 Å². The standard InChI is InChI=1S/C28H30BrN5O8S/c1-3-41-23(35)14-13-22(27(38)42-4-2)31-25(36)17-5-9-18(10-6-17)33-43(39,40)19-11-7-16-8-12-21-24(20(16)15-19)26(37)34(29)28(30)32-21/h5-7,9-11,15,22,33H,3-4,8,12-14H2,1-2H3,(H2,30,32)(H,31,36)/t22-/m1/s1. The van der Waals surface area contributed by atoms with E-state index in [1.54, 1.807) is 19.9 Å². The summed E-state index contributed by atoms with van der Waals surface area (Å²) in [7, 11) is -4.09. The van der Waals surface area contributed by atoms with Gasteiger partial charge in [-0.05, 0) is 80.6 Å². The number of aryl methyl sites for hydroxylation is 2. The molecular weight excluding hydrogens is 646 g/mol. The lowest BCUT2D eigenvalue weighted by Gasteiger charge is -2.20. The van der Waals surface area contributed by atoms with Gasteiger partial charge in [0.1, 0.15) is 6.04 Å². The van der Waals surface area contributed by atoms with E-state index in [9.17, 15) is 27.6 Å². The minimum atomic E-state index is -4.09. The van der Waals surface area contributed by atoms with Crippen molar-refractivity contribution in [1.82, 2.24) is 13.9 Å². The molecule has 0 unspecified atom stereocenters. The topological polar surface area (TPSA) is 189 Å². The number of hydrogen-bond acceptors (Lipinski definition) is 10. The number of nitrogens with one attached hydrogen (secondary N) is 2. The Morgan fingerprint density at radius 3 is 2.44 bits per heavy atom. The summed E-state index contributed by atoms with van der Waals surface area (Å²) >= 11 is 3.09. The van der Waals surface area contributed by atoms with Crippen LogP contribution < -0.4 is 21.3 Å². The maximum absolute atomic E-state index is 13.3. The molecule has 1 amide bonds. The van der Waals surface area contributed by atoms with Gasteiger partial charge >= 0.3 is 11.9 Å². The van der Waals surface area contributed by atoms with Crippen LogP contribution in [-0.4, -0.2) is 54.1 Å². The van der Waals surface area contributed by atoms with Crippen LogP contribution in [0.1, 0.15) is 48.3 Å². The number of nitrogen functional groups attached to an aromatic ring is 1. The van der Waals surface area contributed by atoms with Gasteiger partial charge in [-0.2, -0.15) is 0 Å². The molecule has 1 aromatic heterocycles. The third-order valence-electron chi connectivity index (χ3n) is 6.64.